The van der Waals surface area contributed by atoms with Crippen LogP contribution in [0.3, 0.4) is 0 Å². The first kappa shape index (κ1) is 15.1. The zero-order valence-electron chi connectivity index (χ0n) is 10.1. The molecule has 0 unspecified atom stereocenters. The summed E-state index contributed by atoms with van der Waals surface area (Å²) in [6.45, 7) is 4.33. The van der Waals surface area contributed by atoms with Crippen LogP contribution in [0.4, 0.5) is 0 Å². The molecule has 5 nitrogen and oxygen atoms in total. The SMILES string of the molecule is C=C(C)C(=O)OCC(=O)Oc1ccc(Br)c(C=O)c1. The fourth-order valence-electron chi connectivity index (χ4n) is 1.08. The van der Waals surface area contributed by atoms with Gasteiger partial charge in [0.25, 0.3) is 0 Å². The molecule has 0 aliphatic carbocycles. The molecule has 0 bridgehead atoms. The first-order valence-electron chi connectivity index (χ1n) is 5.22. The van der Waals surface area contributed by atoms with E-state index in [1.165, 1.54) is 19.1 Å². The molecular formula is C13H11BrO5. The lowest BCUT2D eigenvalue weighted by molar-refractivity contribution is -0.150. The summed E-state index contributed by atoms with van der Waals surface area (Å²) in [5.41, 5.74) is 0.545. The molecule has 0 heterocycles. The van der Waals surface area contributed by atoms with Gasteiger partial charge in [-0.15, -0.1) is 0 Å². The summed E-state index contributed by atoms with van der Waals surface area (Å²) in [4.78, 5) is 33.2. The van der Waals surface area contributed by atoms with Crippen molar-refractivity contribution in [3.05, 3.63) is 40.4 Å². The van der Waals surface area contributed by atoms with E-state index in [1.807, 2.05) is 0 Å². The van der Waals surface area contributed by atoms with E-state index in [2.05, 4.69) is 27.2 Å². The van der Waals surface area contributed by atoms with E-state index in [4.69, 9.17) is 4.74 Å². The Bertz CT molecular complexity index is 536. The van der Waals surface area contributed by atoms with Crippen LogP contribution in [0.1, 0.15) is 17.3 Å². The minimum atomic E-state index is -0.742. The Labute approximate surface area is 118 Å². The maximum absolute atomic E-state index is 11.4. The van der Waals surface area contributed by atoms with Crippen LogP contribution in [0, 0.1) is 0 Å². The van der Waals surface area contributed by atoms with Gasteiger partial charge in [-0.2, -0.15) is 0 Å². The molecule has 0 aromatic heterocycles. The van der Waals surface area contributed by atoms with Crippen LogP contribution in [-0.2, 0) is 14.3 Å². The predicted molar refractivity (Wildman–Crippen MR) is 70.9 cm³/mol. The average molecular weight is 327 g/mol. The topological polar surface area (TPSA) is 69.7 Å². The second-order valence-electron chi connectivity index (χ2n) is 3.63. The lowest BCUT2D eigenvalue weighted by Crippen LogP contribution is -2.19. The molecule has 0 amide bonds. The van der Waals surface area contributed by atoms with Gasteiger partial charge in [-0.05, 0) is 25.1 Å². The van der Waals surface area contributed by atoms with Crippen molar-refractivity contribution in [2.24, 2.45) is 0 Å². The minimum Gasteiger partial charge on any atom is -0.450 e. The van der Waals surface area contributed by atoms with Crippen molar-refractivity contribution in [2.45, 2.75) is 6.92 Å². The van der Waals surface area contributed by atoms with E-state index >= 15 is 0 Å². The quantitative estimate of drug-likeness (QED) is 0.359. The highest BCUT2D eigenvalue weighted by Crippen LogP contribution is 2.21. The highest BCUT2D eigenvalue weighted by molar-refractivity contribution is 9.10. The zero-order chi connectivity index (χ0) is 14.4. The van der Waals surface area contributed by atoms with E-state index in [0.717, 1.165) is 0 Å². The Morgan fingerprint density at radius 1 is 1.42 bits per heavy atom. The molecular weight excluding hydrogens is 316 g/mol. The van der Waals surface area contributed by atoms with Crippen molar-refractivity contribution in [1.29, 1.82) is 0 Å². The monoisotopic (exact) mass is 326 g/mol. The largest absolute Gasteiger partial charge is 0.450 e. The van der Waals surface area contributed by atoms with Crippen molar-refractivity contribution < 1.29 is 23.9 Å². The molecule has 19 heavy (non-hydrogen) atoms. The molecule has 0 saturated carbocycles. The standard InChI is InChI=1S/C13H11BrO5/c1-8(2)13(17)18-7-12(16)19-10-3-4-11(14)9(5-10)6-15/h3-6H,1,7H2,2H3. The van der Waals surface area contributed by atoms with E-state index in [1.54, 1.807) is 6.07 Å². The fourth-order valence-corrected chi connectivity index (χ4v) is 1.42. The van der Waals surface area contributed by atoms with E-state index in [0.29, 0.717) is 16.3 Å². The van der Waals surface area contributed by atoms with Crippen molar-refractivity contribution in [3.63, 3.8) is 0 Å². The molecule has 1 aromatic carbocycles. The van der Waals surface area contributed by atoms with E-state index in [9.17, 15) is 14.4 Å². The number of carbonyl (C=O) groups excluding carboxylic acids is 3. The number of halogens is 1. The maximum atomic E-state index is 11.4. The molecule has 0 saturated heterocycles. The van der Waals surface area contributed by atoms with Crippen molar-refractivity contribution in [2.75, 3.05) is 6.61 Å². The first-order chi connectivity index (χ1) is 8.93. The van der Waals surface area contributed by atoms with Gasteiger partial charge in [0.15, 0.2) is 12.9 Å². The summed E-state index contributed by atoms with van der Waals surface area (Å²) in [6.07, 6.45) is 0.627. The summed E-state index contributed by atoms with van der Waals surface area (Å²) in [5.74, 6) is -1.21. The van der Waals surface area contributed by atoms with Gasteiger partial charge in [-0.3, -0.25) is 4.79 Å². The molecule has 0 fully saturated rings. The highest BCUT2D eigenvalue weighted by atomic mass is 79.9. The van der Waals surface area contributed by atoms with Crippen molar-refractivity contribution >= 4 is 34.2 Å². The second kappa shape index (κ2) is 6.84. The number of esters is 2. The third-order valence-electron chi connectivity index (χ3n) is 2.00. The summed E-state index contributed by atoms with van der Waals surface area (Å²) < 4.78 is 10.1. The normalized spacial score (nSPS) is 9.58. The second-order valence-corrected chi connectivity index (χ2v) is 4.49. The van der Waals surface area contributed by atoms with Gasteiger partial charge in [-0.1, -0.05) is 22.5 Å². The molecule has 1 rings (SSSR count). The third-order valence-corrected chi connectivity index (χ3v) is 2.72. The number of benzene rings is 1. The molecule has 100 valence electrons. The Morgan fingerprint density at radius 2 is 2.11 bits per heavy atom. The van der Waals surface area contributed by atoms with Crippen LogP contribution in [-0.4, -0.2) is 24.8 Å². The van der Waals surface area contributed by atoms with Gasteiger partial charge in [0.2, 0.25) is 0 Å². The molecule has 0 aliphatic heterocycles. The average Bonchev–Trinajstić information content (AvgIpc) is 2.38. The van der Waals surface area contributed by atoms with Gasteiger partial charge in [0.05, 0.1) is 0 Å². The van der Waals surface area contributed by atoms with Crippen LogP contribution in [0.2, 0.25) is 0 Å². The molecule has 1 aromatic rings. The van der Waals surface area contributed by atoms with Crippen LogP contribution in [0.15, 0.2) is 34.8 Å². The lowest BCUT2D eigenvalue weighted by Gasteiger charge is -2.06. The van der Waals surface area contributed by atoms with Gasteiger partial charge in [0.1, 0.15) is 5.75 Å². The fraction of sp³-hybridized carbons (Fsp3) is 0.154. The number of aldehydes is 1. The maximum Gasteiger partial charge on any atom is 0.349 e. The summed E-state index contributed by atoms with van der Waals surface area (Å²) >= 11 is 3.17. The van der Waals surface area contributed by atoms with Crippen molar-refractivity contribution in [1.82, 2.24) is 0 Å². The Hall–Kier alpha value is -1.95. The predicted octanol–water partition coefficient (Wildman–Crippen LogP) is 2.29. The summed E-state index contributed by atoms with van der Waals surface area (Å²) in [7, 11) is 0. The van der Waals surface area contributed by atoms with Crippen LogP contribution >= 0.6 is 15.9 Å². The third kappa shape index (κ3) is 4.67. The smallest absolute Gasteiger partial charge is 0.349 e. The van der Waals surface area contributed by atoms with Crippen molar-refractivity contribution in [3.8, 4) is 5.75 Å². The molecule has 0 aliphatic rings. The Kier molecular flexibility index (Phi) is 5.44. The molecule has 0 spiro atoms. The lowest BCUT2D eigenvalue weighted by atomic mass is 10.2. The van der Waals surface area contributed by atoms with E-state index in [-0.39, 0.29) is 11.3 Å². The van der Waals surface area contributed by atoms with E-state index < -0.39 is 18.5 Å². The van der Waals surface area contributed by atoms with Crippen LogP contribution < -0.4 is 4.74 Å². The summed E-state index contributed by atoms with van der Waals surface area (Å²) in [6, 6.07) is 4.48. The number of rotatable bonds is 5. The Balaban J connectivity index is 2.60. The van der Waals surface area contributed by atoms with Gasteiger partial charge in [0, 0.05) is 15.6 Å². The van der Waals surface area contributed by atoms with Gasteiger partial charge >= 0.3 is 11.9 Å². The number of ether oxygens (including phenoxy) is 2. The summed E-state index contributed by atoms with van der Waals surface area (Å²) in [5, 5.41) is 0. The van der Waals surface area contributed by atoms with Gasteiger partial charge < -0.3 is 9.47 Å². The number of hydrogen-bond donors (Lipinski definition) is 0. The molecule has 0 N–H and O–H groups in total. The molecule has 0 atom stereocenters. The minimum absolute atomic E-state index is 0.194. The van der Waals surface area contributed by atoms with Crippen LogP contribution in [0.25, 0.3) is 0 Å². The highest BCUT2D eigenvalue weighted by Gasteiger charge is 2.11. The van der Waals surface area contributed by atoms with Gasteiger partial charge in [-0.25, -0.2) is 9.59 Å². The number of carbonyl (C=O) groups is 3. The zero-order valence-corrected chi connectivity index (χ0v) is 11.7. The van der Waals surface area contributed by atoms with Crippen LogP contribution in [0.5, 0.6) is 5.75 Å². The Morgan fingerprint density at radius 3 is 2.68 bits per heavy atom. The molecule has 0 radical (unpaired) electrons. The number of hydrogen-bond acceptors (Lipinski definition) is 5. The first-order valence-corrected chi connectivity index (χ1v) is 6.01. The molecule has 6 heteroatoms.